The second-order valence-corrected chi connectivity index (χ2v) is 4.21. The molecule has 0 radical (unpaired) electrons. The normalized spacial score (nSPS) is 17.0. The quantitative estimate of drug-likeness (QED) is 0.676. The van der Waals surface area contributed by atoms with Gasteiger partial charge in [0.25, 0.3) is 0 Å². The first kappa shape index (κ1) is 12.4. The predicted molar refractivity (Wildman–Crippen MR) is 67.3 cm³/mol. The molecule has 17 heavy (non-hydrogen) atoms. The molecule has 1 heterocycles. The van der Waals surface area contributed by atoms with Gasteiger partial charge in [0, 0.05) is 25.7 Å². The molecular formula is C12H17BFNO2. The molecule has 0 aromatic heterocycles. The first-order chi connectivity index (χ1) is 8.25. The molecule has 5 heteroatoms. The summed E-state index contributed by atoms with van der Waals surface area (Å²) in [6.45, 7) is 4.93. The highest BCUT2D eigenvalue weighted by molar-refractivity contribution is 6.32. The molecule has 1 aromatic carbocycles. The predicted octanol–water partition coefficient (Wildman–Crippen LogP) is -0.205. The Balaban J connectivity index is 1.75. The SMILES string of the molecule is Bc1ccc(OCCN2CCOCC2)cc1F. The Morgan fingerprint density at radius 2 is 2.12 bits per heavy atom. The highest BCUT2D eigenvalue weighted by Crippen LogP contribution is 2.10. The highest BCUT2D eigenvalue weighted by Gasteiger charge is 2.09. The van der Waals surface area contributed by atoms with Crippen molar-refractivity contribution in [1.29, 1.82) is 0 Å². The van der Waals surface area contributed by atoms with Gasteiger partial charge in [-0.1, -0.05) is 11.5 Å². The third kappa shape index (κ3) is 3.72. The Bertz CT molecular complexity index is 370. The van der Waals surface area contributed by atoms with E-state index in [9.17, 15) is 4.39 Å². The fourth-order valence-electron chi connectivity index (χ4n) is 1.78. The first-order valence-corrected chi connectivity index (χ1v) is 5.95. The fraction of sp³-hybridized carbons (Fsp3) is 0.500. The second kappa shape index (κ2) is 6.03. The van der Waals surface area contributed by atoms with Crippen molar-refractivity contribution >= 4 is 13.3 Å². The van der Waals surface area contributed by atoms with Gasteiger partial charge in [0.1, 0.15) is 26.0 Å². The van der Waals surface area contributed by atoms with E-state index in [-0.39, 0.29) is 5.82 Å². The van der Waals surface area contributed by atoms with Crippen LogP contribution in [0.15, 0.2) is 18.2 Å². The van der Waals surface area contributed by atoms with Crippen molar-refractivity contribution in [2.75, 3.05) is 39.5 Å². The van der Waals surface area contributed by atoms with Gasteiger partial charge < -0.3 is 9.47 Å². The number of hydrogen-bond acceptors (Lipinski definition) is 3. The van der Waals surface area contributed by atoms with E-state index in [1.54, 1.807) is 20.0 Å². The molecule has 0 N–H and O–H groups in total. The maximum atomic E-state index is 13.3. The zero-order valence-electron chi connectivity index (χ0n) is 10.1. The zero-order valence-corrected chi connectivity index (χ0v) is 10.1. The van der Waals surface area contributed by atoms with Gasteiger partial charge >= 0.3 is 0 Å². The van der Waals surface area contributed by atoms with E-state index in [2.05, 4.69) is 4.90 Å². The van der Waals surface area contributed by atoms with Gasteiger partial charge in [0.05, 0.1) is 13.2 Å². The maximum absolute atomic E-state index is 13.3. The Morgan fingerprint density at radius 1 is 1.35 bits per heavy atom. The Kier molecular flexibility index (Phi) is 4.39. The van der Waals surface area contributed by atoms with Crippen LogP contribution >= 0.6 is 0 Å². The van der Waals surface area contributed by atoms with Crippen LogP contribution in [0, 0.1) is 5.82 Å². The van der Waals surface area contributed by atoms with Crippen LogP contribution < -0.4 is 10.2 Å². The molecule has 0 aliphatic carbocycles. The molecule has 1 aliphatic heterocycles. The molecule has 1 aliphatic rings. The average molecular weight is 237 g/mol. The number of benzene rings is 1. The van der Waals surface area contributed by atoms with E-state index < -0.39 is 0 Å². The van der Waals surface area contributed by atoms with E-state index in [4.69, 9.17) is 9.47 Å². The Morgan fingerprint density at radius 3 is 2.82 bits per heavy atom. The highest BCUT2D eigenvalue weighted by atomic mass is 19.1. The van der Waals surface area contributed by atoms with Crippen molar-refractivity contribution in [3.8, 4) is 5.75 Å². The molecule has 1 aromatic rings. The number of rotatable bonds is 4. The molecule has 0 unspecified atom stereocenters. The van der Waals surface area contributed by atoms with Crippen molar-refractivity contribution in [1.82, 2.24) is 4.90 Å². The van der Waals surface area contributed by atoms with Gasteiger partial charge in [-0.25, -0.2) is 4.39 Å². The third-order valence-corrected chi connectivity index (χ3v) is 2.92. The van der Waals surface area contributed by atoms with Crippen LogP contribution in [0.4, 0.5) is 4.39 Å². The number of morpholine rings is 1. The standard InChI is InChI=1S/C12H17BFNO2/c13-11-2-1-10(9-12(11)14)17-8-5-15-3-6-16-7-4-15/h1-2,9H,3-8,13H2. The zero-order chi connectivity index (χ0) is 12.1. The molecule has 0 saturated carbocycles. The van der Waals surface area contributed by atoms with E-state index in [0.717, 1.165) is 32.8 Å². The smallest absolute Gasteiger partial charge is 0.143 e. The van der Waals surface area contributed by atoms with Crippen molar-refractivity contribution in [3.05, 3.63) is 24.0 Å². The number of halogens is 1. The van der Waals surface area contributed by atoms with Crippen LogP contribution in [0.5, 0.6) is 5.75 Å². The fourth-order valence-corrected chi connectivity index (χ4v) is 1.78. The third-order valence-electron chi connectivity index (χ3n) is 2.92. The summed E-state index contributed by atoms with van der Waals surface area (Å²) >= 11 is 0. The van der Waals surface area contributed by atoms with Crippen LogP contribution in [0.3, 0.4) is 0 Å². The van der Waals surface area contributed by atoms with E-state index >= 15 is 0 Å². The topological polar surface area (TPSA) is 21.7 Å². The van der Waals surface area contributed by atoms with Crippen LogP contribution in [-0.2, 0) is 4.74 Å². The summed E-state index contributed by atoms with van der Waals surface area (Å²) in [6, 6.07) is 4.98. The molecule has 0 bridgehead atoms. The molecule has 0 amide bonds. The van der Waals surface area contributed by atoms with Crippen molar-refractivity contribution in [2.24, 2.45) is 0 Å². The summed E-state index contributed by atoms with van der Waals surface area (Å²) in [5, 5.41) is 0. The van der Waals surface area contributed by atoms with Gasteiger partial charge in [-0.05, 0) is 6.07 Å². The van der Waals surface area contributed by atoms with Crippen LogP contribution in [0.1, 0.15) is 0 Å². The minimum absolute atomic E-state index is 0.214. The molecule has 1 fully saturated rings. The monoisotopic (exact) mass is 237 g/mol. The molecule has 92 valence electrons. The summed E-state index contributed by atoms with van der Waals surface area (Å²) in [7, 11) is 1.74. The van der Waals surface area contributed by atoms with Crippen LogP contribution in [0.2, 0.25) is 0 Å². The van der Waals surface area contributed by atoms with E-state index in [1.807, 2.05) is 0 Å². The molecular weight excluding hydrogens is 220 g/mol. The first-order valence-electron chi connectivity index (χ1n) is 5.95. The summed E-state index contributed by atoms with van der Waals surface area (Å²) in [5.74, 6) is 0.384. The average Bonchev–Trinajstić information content (AvgIpc) is 2.35. The van der Waals surface area contributed by atoms with E-state index in [0.29, 0.717) is 17.8 Å². The van der Waals surface area contributed by atoms with Crippen LogP contribution in [-0.4, -0.2) is 52.2 Å². The van der Waals surface area contributed by atoms with Gasteiger partial charge in [-0.15, -0.1) is 0 Å². The van der Waals surface area contributed by atoms with Gasteiger partial charge in [-0.3, -0.25) is 4.90 Å². The summed E-state index contributed by atoms with van der Waals surface area (Å²) in [5.41, 5.74) is 0.644. The molecule has 1 saturated heterocycles. The van der Waals surface area contributed by atoms with Crippen molar-refractivity contribution < 1.29 is 13.9 Å². The lowest BCUT2D eigenvalue weighted by Gasteiger charge is -2.26. The van der Waals surface area contributed by atoms with Crippen molar-refractivity contribution in [3.63, 3.8) is 0 Å². The van der Waals surface area contributed by atoms with Gasteiger partial charge in [-0.2, -0.15) is 0 Å². The molecule has 0 atom stereocenters. The molecule has 0 spiro atoms. The molecule has 2 rings (SSSR count). The largest absolute Gasteiger partial charge is 0.492 e. The number of hydrogen-bond donors (Lipinski definition) is 0. The Labute approximate surface area is 102 Å². The lowest BCUT2D eigenvalue weighted by molar-refractivity contribution is 0.0322. The Hall–Kier alpha value is -1.07. The second-order valence-electron chi connectivity index (χ2n) is 4.21. The van der Waals surface area contributed by atoms with Crippen molar-refractivity contribution in [2.45, 2.75) is 0 Å². The summed E-state index contributed by atoms with van der Waals surface area (Å²) in [6.07, 6.45) is 0. The lowest BCUT2D eigenvalue weighted by atomic mass is 9.96. The van der Waals surface area contributed by atoms with Gasteiger partial charge in [0.15, 0.2) is 0 Å². The minimum Gasteiger partial charge on any atom is -0.492 e. The summed E-state index contributed by atoms with van der Waals surface area (Å²) < 4.78 is 24.0. The summed E-state index contributed by atoms with van der Waals surface area (Å²) in [4.78, 5) is 2.29. The lowest BCUT2D eigenvalue weighted by Crippen LogP contribution is -2.38. The number of nitrogens with zero attached hydrogens (tertiary/aromatic N) is 1. The number of ether oxygens (including phenoxy) is 2. The van der Waals surface area contributed by atoms with Crippen LogP contribution in [0.25, 0.3) is 0 Å². The maximum Gasteiger partial charge on any atom is 0.143 e. The van der Waals surface area contributed by atoms with E-state index in [1.165, 1.54) is 6.07 Å². The minimum atomic E-state index is -0.214. The molecule has 3 nitrogen and oxygen atoms in total. The van der Waals surface area contributed by atoms with Gasteiger partial charge in [0.2, 0.25) is 0 Å².